The molecule has 2 aliphatic rings. The van der Waals surface area contributed by atoms with E-state index in [2.05, 4.69) is 20.0 Å². The zero-order valence-electron chi connectivity index (χ0n) is 14.2. The second-order valence-electron chi connectivity index (χ2n) is 6.09. The number of cyclic esters (lactones) is 1. The van der Waals surface area contributed by atoms with Gasteiger partial charge in [-0.05, 0) is 6.07 Å². The normalized spacial score (nSPS) is 17.5. The first-order chi connectivity index (χ1) is 12.7. The minimum atomic E-state index is -0.413. The zero-order valence-corrected chi connectivity index (χ0v) is 14.2. The molecule has 2 aliphatic heterocycles. The lowest BCUT2D eigenvalue weighted by molar-refractivity contribution is -0.132. The molecule has 0 atom stereocenters. The van der Waals surface area contributed by atoms with E-state index in [0.717, 1.165) is 5.82 Å². The molecule has 0 aromatic carbocycles. The summed E-state index contributed by atoms with van der Waals surface area (Å²) in [4.78, 5) is 37.7. The summed E-state index contributed by atoms with van der Waals surface area (Å²) in [5, 5.41) is 4.18. The van der Waals surface area contributed by atoms with Crippen LogP contribution >= 0.6 is 0 Å². The van der Waals surface area contributed by atoms with Crippen molar-refractivity contribution in [2.45, 2.75) is 0 Å². The Kier molecular flexibility index (Phi) is 4.38. The van der Waals surface area contributed by atoms with E-state index in [0.29, 0.717) is 45.1 Å². The van der Waals surface area contributed by atoms with Crippen LogP contribution in [0.4, 0.5) is 10.6 Å². The van der Waals surface area contributed by atoms with Gasteiger partial charge in [-0.15, -0.1) is 0 Å². The smallest absolute Gasteiger partial charge is 0.410 e. The quantitative estimate of drug-likeness (QED) is 0.745. The molecule has 2 saturated heterocycles. The summed E-state index contributed by atoms with van der Waals surface area (Å²) in [6.07, 6.45) is 4.63. The van der Waals surface area contributed by atoms with E-state index < -0.39 is 6.09 Å². The third kappa shape index (κ3) is 3.30. The van der Waals surface area contributed by atoms with Gasteiger partial charge in [0.25, 0.3) is 0 Å². The molecule has 0 radical (unpaired) electrons. The average Bonchev–Trinajstić information content (AvgIpc) is 3.35. The number of aromatic nitrogens is 4. The van der Waals surface area contributed by atoms with Crippen LogP contribution in [0.1, 0.15) is 0 Å². The van der Waals surface area contributed by atoms with Crippen molar-refractivity contribution in [3.05, 3.63) is 30.9 Å². The third-order valence-electron chi connectivity index (χ3n) is 4.50. The Bertz CT molecular complexity index is 787. The van der Waals surface area contributed by atoms with Crippen LogP contribution in [0.2, 0.25) is 0 Å². The predicted octanol–water partition coefficient (Wildman–Crippen LogP) is -0.237. The van der Waals surface area contributed by atoms with E-state index in [-0.39, 0.29) is 12.5 Å². The lowest BCUT2D eigenvalue weighted by Gasteiger charge is -2.35. The molecule has 2 fully saturated rings. The number of rotatable bonds is 4. The van der Waals surface area contributed by atoms with E-state index in [4.69, 9.17) is 4.74 Å². The molecular formula is C16H19N7O3. The van der Waals surface area contributed by atoms with E-state index in [1.54, 1.807) is 15.8 Å². The molecule has 0 aliphatic carbocycles. The number of amides is 2. The van der Waals surface area contributed by atoms with Crippen molar-refractivity contribution in [3.63, 3.8) is 0 Å². The van der Waals surface area contributed by atoms with Crippen molar-refractivity contribution in [2.24, 2.45) is 0 Å². The highest BCUT2D eigenvalue weighted by Gasteiger charge is 2.28. The number of hydrogen-bond acceptors (Lipinski definition) is 7. The van der Waals surface area contributed by atoms with Crippen LogP contribution in [0, 0.1) is 0 Å². The van der Waals surface area contributed by atoms with Gasteiger partial charge in [-0.2, -0.15) is 5.10 Å². The number of anilines is 1. The number of piperazine rings is 1. The number of carbonyl (C=O) groups excluding carboxylic acids is 2. The highest BCUT2D eigenvalue weighted by Crippen LogP contribution is 2.16. The van der Waals surface area contributed by atoms with Crippen molar-refractivity contribution in [1.29, 1.82) is 0 Å². The lowest BCUT2D eigenvalue weighted by Crippen LogP contribution is -2.51. The molecule has 4 heterocycles. The number of nitrogens with zero attached hydrogens (tertiary/aromatic N) is 7. The number of hydrogen-bond donors (Lipinski definition) is 0. The van der Waals surface area contributed by atoms with Gasteiger partial charge in [0, 0.05) is 44.6 Å². The van der Waals surface area contributed by atoms with E-state index in [1.807, 2.05) is 18.3 Å². The highest BCUT2D eigenvalue weighted by atomic mass is 16.6. The SMILES string of the molecule is O=C(CN1CCOC1=O)N1CCN(c2cc(-n3cccn3)ncn2)CC1. The van der Waals surface area contributed by atoms with Crippen LogP contribution in [0.25, 0.3) is 5.82 Å². The fourth-order valence-electron chi connectivity index (χ4n) is 3.06. The molecule has 2 aromatic heterocycles. The second-order valence-corrected chi connectivity index (χ2v) is 6.09. The molecule has 4 rings (SSSR count). The van der Waals surface area contributed by atoms with Gasteiger partial charge in [-0.3, -0.25) is 9.69 Å². The number of ether oxygens (including phenoxy) is 1. The zero-order chi connectivity index (χ0) is 17.9. The highest BCUT2D eigenvalue weighted by molar-refractivity contribution is 5.83. The minimum absolute atomic E-state index is 0.0524. The predicted molar refractivity (Wildman–Crippen MR) is 90.9 cm³/mol. The summed E-state index contributed by atoms with van der Waals surface area (Å²) < 4.78 is 6.54. The molecule has 136 valence electrons. The fourth-order valence-corrected chi connectivity index (χ4v) is 3.06. The van der Waals surface area contributed by atoms with Crippen LogP contribution in [-0.4, -0.2) is 87.4 Å². The maximum Gasteiger partial charge on any atom is 0.410 e. The van der Waals surface area contributed by atoms with E-state index in [9.17, 15) is 9.59 Å². The van der Waals surface area contributed by atoms with Gasteiger partial charge in [0.1, 0.15) is 25.3 Å². The summed E-state index contributed by atoms with van der Waals surface area (Å²) in [6.45, 7) is 3.42. The molecule has 0 unspecified atom stereocenters. The standard InChI is InChI=1S/C16H19N7O3/c24-15(11-22-8-9-26-16(22)25)21-6-4-20(5-7-21)13-10-14(18-12-17-13)23-3-1-2-19-23/h1-3,10,12H,4-9,11H2. The summed E-state index contributed by atoms with van der Waals surface area (Å²) in [5.74, 6) is 1.45. The topological polar surface area (TPSA) is 96.7 Å². The summed E-state index contributed by atoms with van der Waals surface area (Å²) >= 11 is 0. The molecule has 0 bridgehead atoms. The van der Waals surface area contributed by atoms with Gasteiger partial charge in [-0.25, -0.2) is 19.4 Å². The van der Waals surface area contributed by atoms with Crippen LogP contribution in [0.15, 0.2) is 30.9 Å². The first kappa shape index (κ1) is 16.3. The van der Waals surface area contributed by atoms with Crippen molar-refractivity contribution < 1.29 is 14.3 Å². The average molecular weight is 357 g/mol. The maximum absolute atomic E-state index is 12.4. The molecule has 0 spiro atoms. The Hall–Kier alpha value is -3.17. The first-order valence-electron chi connectivity index (χ1n) is 8.47. The largest absolute Gasteiger partial charge is 0.448 e. The molecule has 2 aromatic rings. The summed E-state index contributed by atoms with van der Waals surface area (Å²) in [6, 6.07) is 3.72. The molecule has 10 nitrogen and oxygen atoms in total. The molecule has 0 N–H and O–H groups in total. The number of carbonyl (C=O) groups is 2. The van der Waals surface area contributed by atoms with Gasteiger partial charge in [0.2, 0.25) is 5.91 Å². The van der Waals surface area contributed by atoms with Crippen molar-refractivity contribution in [1.82, 2.24) is 29.5 Å². The van der Waals surface area contributed by atoms with E-state index >= 15 is 0 Å². The summed E-state index contributed by atoms with van der Waals surface area (Å²) in [5.41, 5.74) is 0. The Morgan fingerprint density at radius 3 is 2.62 bits per heavy atom. The Morgan fingerprint density at radius 2 is 1.92 bits per heavy atom. The van der Waals surface area contributed by atoms with Crippen molar-refractivity contribution in [2.75, 3.05) is 50.8 Å². The van der Waals surface area contributed by atoms with E-state index in [1.165, 1.54) is 11.2 Å². The third-order valence-corrected chi connectivity index (χ3v) is 4.50. The van der Waals surface area contributed by atoms with Crippen LogP contribution in [0.3, 0.4) is 0 Å². The Labute approximate surface area is 150 Å². The minimum Gasteiger partial charge on any atom is -0.448 e. The molecular weight excluding hydrogens is 338 g/mol. The first-order valence-corrected chi connectivity index (χ1v) is 8.47. The van der Waals surface area contributed by atoms with Crippen molar-refractivity contribution >= 4 is 17.8 Å². The molecule has 0 saturated carbocycles. The monoisotopic (exact) mass is 357 g/mol. The second kappa shape index (κ2) is 6.98. The maximum atomic E-state index is 12.4. The van der Waals surface area contributed by atoms with Gasteiger partial charge >= 0.3 is 6.09 Å². The molecule has 2 amide bonds. The van der Waals surface area contributed by atoms with Gasteiger partial charge in [0.15, 0.2) is 5.82 Å². The Balaban J connectivity index is 1.35. The molecule has 26 heavy (non-hydrogen) atoms. The Morgan fingerprint density at radius 1 is 1.12 bits per heavy atom. The van der Waals surface area contributed by atoms with Crippen LogP contribution < -0.4 is 4.90 Å². The van der Waals surface area contributed by atoms with Gasteiger partial charge < -0.3 is 14.5 Å². The van der Waals surface area contributed by atoms with Crippen LogP contribution in [0.5, 0.6) is 0 Å². The summed E-state index contributed by atoms with van der Waals surface area (Å²) in [7, 11) is 0. The van der Waals surface area contributed by atoms with Crippen LogP contribution in [-0.2, 0) is 9.53 Å². The molecule has 10 heteroatoms. The lowest BCUT2D eigenvalue weighted by atomic mass is 10.3. The van der Waals surface area contributed by atoms with Gasteiger partial charge in [-0.1, -0.05) is 0 Å². The van der Waals surface area contributed by atoms with Crippen molar-refractivity contribution in [3.8, 4) is 5.82 Å². The fraction of sp³-hybridized carbons (Fsp3) is 0.438. The van der Waals surface area contributed by atoms with Gasteiger partial charge in [0.05, 0.1) is 6.54 Å².